The fourth-order valence-corrected chi connectivity index (χ4v) is 4.54. The summed E-state index contributed by atoms with van der Waals surface area (Å²) in [5, 5.41) is 15.0. The Bertz CT molecular complexity index is 676. The molecule has 0 saturated heterocycles. The lowest BCUT2D eigenvalue weighted by Crippen LogP contribution is -2.28. The monoisotopic (exact) mass is 303 g/mol. The van der Waals surface area contributed by atoms with Crippen molar-refractivity contribution >= 4 is 29.2 Å². The van der Waals surface area contributed by atoms with E-state index in [9.17, 15) is 0 Å². The number of hydrogen-bond donors (Lipinski definition) is 0. The highest BCUT2D eigenvalue weighted by atomic mass is 32.2. The molecule has 0 radical (unpaired) electrons. The predicted molar refractivity (Wildman–Crippen MR) is 83.3 cm³/mol. The second kappa shape index (κ2) is 4.46. The van der Waals surface area contributed by atoms with Gasteiger partial charge >= 0.3 is 0 Å². The van der Waals surface area contributed by atoms with Gasteiger partial charge in [-0.2, -0.15) is 0 Å². The van der Waals surface area contributed by atoms with E-state index in [2.05, 4.69) is 63.9 Å². The highest BCUT2D eigenvalue weighted by molar-refractivity contribution is 8.07. The predicted octanol–water partition coefficient (Wildman–Crippen LogP) is 2.63. The Kier molecular flexibility index (Phi) is 2.71. The first-order valence-corrected chi connectivity index (χ1v) is 8.00. The topological polar surface area (TPSA) is 37.2 Å². The van der Waals surface area contributed by atoms with Crippen molar-refractivity contribution in [2.75, 3.05) is 24.0 Å². The van der Waals surface area contributed by atoms with Crippen LogP contribution in [0.15, 0.2) is 46.2 Å². The first-order chi connectivity index (χ1) is 9.74. The SMILES string of the molecule is CN(C)c1ccc([C@H]2SC=C3Sc4nncn4N32)cc1. The minimum Gasteiger partial charge on any atom is -0.378 e. The van der Waals surface area contributed by atoms with Crippen LogP contribution in [0.25, 0.3) is 0 Å². The van der Waals surface area contributed by atoms with E-state index in [4.69, 9.17) is 0 Å². The van der Waals surface area contributed by atoms with Crippen LogP contribution in [-0.4, -0.2) is 29.0 Å². The van der Waals surface area contributed by atoms with Crippen molar-refractivity contribution < 1.29 is 0 Å². The van der Waals surface area contributed by atoms with Gasteiger partial charge in [0.25, 0.3) is 0 Å². The Hall–Kier alpha value is -1.60. The summed E-state index contributed by atoms with van der Waals surface area (Å²) < 4.78 is 2.03. The normalized spacial score (nSPS) is 19.8. The van der Waals surface area contributed by atoms with Gasteiger partial charge < -0.3 is 4.90 Å². The van der Waals surface area contributed by atoms with Gasteiger partial charge in [0.15, 0.2) is 0 Å². The summed E-state index contributed by atoms with van der Waals surface area (Å²) in [7, 11) is 4.11. The summed E-state index contributed by atoms with van der Waals surface area (Å²) in [6.07, 6.45) is 1.77. The van der Waals surface area contributed by atoms with Crippen LogP contribution in [0.3, 0.4) is 0 Å². The molecule has 7 heteroatoms. The van der Waals surface area contributed by atoms with E-state index in [1.54, 1.807) is 18.1 Å². The molecule has 20 heavy (non-hydrogen) atoms. The van der Waals surface area contributed by atoms with Gasteiger partial charge in [0.05, 0.1) is 0 Å². The molecule has 1 atom stereocenters. The molecule has 2 aliphatic rings. The maximum atomic E-state index is 4.12. The largest absolute Gasteiger partial charge is 0.378 e. The van der Waals surface area contributed by atoms with Crippen molar-refractivity contribution in [1.29, 1.82) is 0 Å². The Labute approximate surface area is 125 Å². The summed E-state index contributed by atoms with van der Waals surface area (Å²) in [6, 6.07) is 8.70. The third kappa shape index (κ3) is 1.73. The van der Waals surface area contributed by atoms with Gasteiger partial charge in [-0.15, -0.1) is 10.2 Å². The molecule has 1 aromatic heterocycles. The zero-order chi connectivity index (χ0) is 13.7. The average Bonchev–Trinajstić information content (AvgIpc) is 3.10. The number of rotatable bonds is 2. The molecular formula is C13H13N5S2. The van der Waals surface area contributed by atoms with Crippen molar-refractivity contribution in [2.45, 2.75) is 10.5 Å². The Morgan fingerprint density at radius 3 is 2.75 bits per heavy atom. The van der Waals surface area contributed by atoms with Gasteiger partial charge in [-0.25, -0.2) is 4.68 Å². The fourth-order valence-electron chi connectivity index (χ4n) is 2.32. The number of aromatic nitrogens is 3. The number of benzene rings is 1. The minimum absolute atomic E-state index is 0.256. The molecule has 0 amide bonds. The van der Waals surface area contributed by atoms with Crippen molar-refractivity contribution in [3.8, 4) is 0 Å². The summed E-state index contributed by atoms with van der Waals surface area (Å²) in [6.45, 7) is 0. The third-order valence-corrected chi connectivity index (χ3v) is 5.57. The van der Waals surface area contributed by atoms with E-state index >= 15 is 0 Å². The molecule has 0 bridgehead atoms. The lowest BCUT2D eigenvalue weighted by atomic mass is 10.2. The molecule has 0 spiro atoms. The Morgan fingerprint density at radius 2 is 2.00 bits per heavy atom. The number of thioether (sulfide) groups is 2. The van der Waals surface area contributed by atoms with E-state index in [0.717, 1.165) is 5.16 Å². The molecular weight excluding hydrogens is 290 g/mol. The van der Waals surface area contributed by atoms with Gasteiger partial charge in [-0.1, -0.05) is 23.9 Å². The summed E-state index contributed by atoms with van der Waals surface area (Å²) >= 11 is 3.49. The quantitative estimate of drug-likeness (QED) is 0.849. The fraction of sp³-hybridized carbons (Fsp3) is 0.231. The van der Waals surface area contributed by atoms with Gasteiger partial charge in [0, 0.05) is 25.2 Å². The van der Waals surface area contributed by atoms with Crippen LogP contribution >= 0.6 is 23.5 Å². The van der Waals surface area contributed by atoms with Crippen LogP contribution in [0.5, 0.6) is 0 Å². The first-order valence-electron chi connectivity index (χ1n) is 6.24. The van der Waals surface area contributed by atoms with Gasteiger partial charge in [0.1, 0.15) is 16.7 Å². The van der Waals surface area contributed by atoms with E-state index in [1.807, 2.05) is 16.4 Å². The van der Waals surface area contributed by atoms with Crippen LogP contribution in [-0.2, 0) is 0 Å². The molecule has 4 rings (SSSR count). The maximum absolute atomic E-state index is 4.12. The molecule has 0 saturated carbocycles. The number of fused-ring (bicyclic) bond motifs is 3. The van der Waals surface area contributed by atoms with Crippen LogP contribution in [0.1, 0.15) is 10.9 Å². The smallest absolute Gasteiger partial charge is 0.216 e. The zero-order valence-electron chi connectivity index (χ0n) is 11.1. The van der Waals surface area contributed by atoms with Crippen LogP contribution < -0.4 is 9.91 Å². The van der Waals surface area contributed by atoms with Crippen molar-refractivity contribution in [3.63, 3.8) is 0 Å². The molecule has 3 heterocycles. The first kappa shape index (κ1) is 12.2. The van der Waals surface area contributed by atoms with Crippen molar-refractivity contribution in [1.82, 2.24) is 14.9 Å². The van der Waals surface area contributed by atoms with E-state index in [1.165, 1.54) is 16.3 Å². The summed E-state index contributed by atoms with van der Waals surface area (Å²) in [5.41, 5.74) is 2.50. The van der Waals surface area contributed by atoms with Gasteiger partial charge in [0.2, 0.25) is 5.16 Å². The van der Waals surface area contributed by atoms with E-state index in [0.29, 0.717) is 0 Å². The molecule has 0 fully saturated rings. The highest BCUT2D eigenvalue weighted by Crippen LogP contribution is 2.50. The van der Waals surface area contributed by atoms with Gasteiger partial charge in [-0.3, -0.25) is 5.01 Å². The van der Waals surface area contributed by atoms with Crippen molar-refractivity contribution in [2.24, 2.45) is 0 Å². The van der Waals surface area contributed by atoms with Crippen LogP contribution in [0, 0.1) is 0 Å². The molecule has 0 aliphatic carbocycles. The average molecular weight is 303 g/mol. The second-order valence-electron chi connectivity index (χ2n) is 4.84. The summed E-state index contributed by atoms with van der Waals surface area (Å²) in [4.78, 5) is 2.11. The Balaban J connectivity index is 1.67. The van der Waals surface area contributed by atoms with Crippen LogP contribution in [0.4, 0.5) is 5.69 Å². The molecule has 0 unspecified atom stereocenters. The molecule has 2 aromatic rings. The van der Waals surface area contributed by atoms with Crippen LogP contribution in [0.2, 0.25) is 0 Å². The molecule has 0 N–H and O–H groups in total. The minimum atomic E-state index is 0.256. The Morgan fingerprint density at radius 1 is 1.20 bits per heavy atom. The molecule has 5 nitrogen and oxygen atoms in total. The van der Waals surface area contributed by atoms with E-state index in [-0.39, 0.29) is 5.37 Å². The maximum Gasteiger partial charge on any atom is 0.216 e. The summed E-state index contributed by atoms with van der Waals surface area (Å²) in [5.74, 6) is 0. The molecule has 1 aromatic carbocycles. The zero-order valence-corrected chi connectivity index (χ0v) is 12.7. The third-order valence-electron chi connectivity index (χ3n) is 3.37. The molecule has 2 aliphatic heterocycles. The second-order valence-corrected chi connectivity index (χ2v) is 6.78. The van der Waals surface area contributed by atoms with Gasteiger partial charge in [-0.05, 0) is 29.5 Å². The highest BCUT2D eigenvalue weighted by Gasteiger charge is 2.37. The lowest BCUT2D eigenvalue weighted by molar-refractivity contribution is 0.634. The van der Waals surface area contributed by atoms with Crippen molar-refractivity contribution in [3.05, 3.63) is 46.6 Å². The standard InChI is InChI=1S/C13H13N5S2/c1-16(2)10-5-3-9(4-6-10)12-18-11(7-19-12)20-13-15-14-8-17(13)18/h3-8,12H,1-2H3/t12-/m1/s1. The number of anilines is 1. The van der Waals surface area contributed by atoms with E-state index < -0.39 is 0 Å². The molecule has 102 valence electrons. The number of nitrogens with zero attached hydrogens (tertiary/aromatic N) is 5. The lowest BCUT2D eigenvalue weighted by Gasteiger charge is -2.24. The number of hydrogen-bond acceptors (Lipinski definition) is 6.